The van der Waals surface area contributed by atoms with E-state index < -0.39 is 5.82 Å². The van der Waals surface area contributed by atoms with Crippen LogP contribution in [0.5, 0.6) is 5.75 Å². The minimum Gasteiger partial charge on any atom is -0.491 e. The van der Waals surface area contributed by atoms with Gasteiger partial charge < -0.3 is 10.1 Å². The molecule has 1 aromatic heterocycles. The van der Waals surface area contributed by atoms with Crippen LogP contribution in [0.1, 0.15) is 12.0 Å². The Labute approximate surface area is 126 Å². The van der Waals surface area contributed by atoms with Gasteiger partial charge in [-0.25, -0.2) is 4.39 Å². The van der Waals surface area contributed by atoms with E-state index in [9.17, 15) is 9.18 Å². The summed E-state index contributed by atoms with van der Waals surface area (Å²) in [6.07, 6.45) is 3.53. The van der Waals surface area contributed by atoms with Crippen LogP contribution >= 0.6 is 11.6 Å². The van der Waals surface area contributed by atoms with Gasteiger partial charge in [-0.1, -0.05) is 11.6 Å². The number of pyridine rings is 1. The van der Waals surface area contributed by atoms with Crippen LogP contribution in [0.4, 0.5) is 4.39 Å². The maximum Gasteiger partial charge on any atom is 0.223 e. The van der Waals surface area contributed by atoms with Crippen molar-refractivity contribution in [1.29, 1.82) is 0 Å². The number of carbonyl (C=O) groups is 1. The van der Waals surface area contributed by atoms with E-state index in [2.05, 4.69) is 10.3 Å². The topological polar surface area (TPSA) is 51.2 Å². The van der Waals surface area contributed by atoms with Gasteiger partial charge in [0.1, 0.15) is 11.6 Å². The van der Waals surface area contributed by atoms with E-state index >= 15 is 0 Å². The van der Waals surface area contributed by atoms with Crippen LogP contribution in [0.15, 0.2) is 42.7 Å². The molecule has 0 atom stereocenters. The number of carbonyl (C=O) groups excluding carboxylic acids is 1. The van der Waals surface area contributed by atoms with Crippen molar-refractivity contribution in [2.24, 2.45) is 0 Å². The lowest BCUT2D eigenvalue weighted by molar-refractivity contribution is -0.121. The molecule has 0 aliphatic rings. The van der Waals surface area contributed by atoms with E-state index in [1.807, 2.05) is 12.1 Å². The number of nitrogens with one attached hydrogen (secondary N) is 1. The number of hydrogen-bond donors (Lipinski definition) is 1. The molecule has 1 aromatic carbocycles. The van der Waals surface area contributed by atoms with Gasteiger partial charge in [0, 0.05) is 18.9 Å². The number of benzene rings is 1. The van der Waals surface area contributed by atoms with Crippen molar-refractivity contribution in [1.82, 2.24) is 10.3 Å². The minimum absolute atomic E-state index is 0.134. The van der Waals surface area contributed by atoms with Crippen molar-refractivity contribution in [3.05, 3.63) is 59.1 Å². The second-order valence-electron chi connectivity index (χ2n) is 4.31. The summed E-state index contributed by atoms with van der Waals surface area (Å²) >= 11 is 5.81. The Balaban J connectivity index is 1.72. The number of halogens is 2. The minimum atomic E-state index is -0.428. The highest BCUT2D eigenvalue weighted by Gasteiger charge is 2.05. The SMILES string of the molecule is O=C(CCOc1ccc(F)cc1Cl)NCc1ccncc1. The lowest BCUT2D eigenvalue weighted by Crippen LogP contribution is -2.24. The average molecular weight is 309 g/mol. The second-order valence-corrected chi connectivity index (χ2v) is 4.71. The molecule has 1 N–H and O–H groups in total. The first kappa shape index (κ1) is 15.3. The lowest BCUT2D eigenvalue weighted by Gasteiger charge is -2.08. The van der Waals surface area contributed by atoms with Crippen LogP contribution in [-0.2, 0) is 11.3 Å². The summed E-state index contributed by atoms with van der Waals surface area (Å²) in [6.45, 7) is 0.617. The van der Waals surface area contributed by atoms with E-state index in [0.29, 0.717) is 12.3 Å². The molecular weight excluding hydrogens is 295 g/mol. The van der Waals surface area contributed by atoms with Gasteiger partial charge in [0.25, 0.3) is 0 Å². The van der Waals surface area contributed by atoms with Crippen molar-refractivity contribution in [3.63, 3.8) is 0 Å². The number of rotatable bonds is 6. The van der Waals surface area contributed by atoms with Crippen LogP contribution in [0.3, 0.4) is 0 Å². The maximum absolute atomic E-state index is 12.9. The summed E-state index contributed by atoms with van der Waals surface area (Å²) in [6, 6.07) is 7.52. The first-order valence-corrected chi connectivity index (χ1v) is 6.76. The van der Waals surface area contributed by atoms with Crippen molar-refractivity contribution in [2.45, 2.75) is 13.0 Å². The quantitative estimate of drug-likeness (QED) is 0.892. The molecule has 2 rings (SSSR count). The summed E-state index contributed by atoms with van der Waals surface area (Å²) in [5, 5.41) is 2.96. The van der Waals surface area contributed by atoms with Gasteiger partial charge in [0.2, 0.25) is 5.91 Å². The number of ether oxygens (including phenoxy) is 1. The summed E-state index contributed by atoms with van der Waals surface area (Å²) in [7, 11) is 0. The molecule has 1 amide bonds. The number of aromatic nitrogens is 1. The normalized spacial score (nSPS) is 10.2. The fraction of sp³-hybridized carbons (Fsp3) is 0.200. The molecular formula is C15H14ClFN2O2. The van der Waals surface area contributed by atoms with E-state index in [0.717, 1.165) is 5.56 Å². The van der Waals surface area contributed by atoms with E-state index in [-0.39, 0.29) is 24.0 Å². The van der Waals surface area contributed by atoms with E-state index in [1.54, 1.807) is 12.4 Å². The Morgan fingerprint density at radius 3 is 2.76 bits per heavy atom. The summed E-state index contributed by atoms with van der Waals surface area (Å²) in [5.74, 6) is -0.201. The van der Waals surface area contributed by atoms with Crippen molar-refractivity contribution in [3.8, 4) is 5.75 Å². The van der Waals surface area contributed by atoms with Gasteiger partial charge in [-0.05, 0) is 35.9 Å². The zero-order valence-corrected chi connectivity index (χ0v) is 11.9. The standard InChI is InChI=1S/C15H14ClFN2O2/c16-13-9-12(17)1-2-14(13)21-8-5-15(20)19-10-11-3-6-18-7-4-11/h1-4,6-7,9H,5,8,10H2,(H,19,20). The first-order valence-electron chi connectivity index (χ1n) is 6.38. The highest BCUT2D eigenvalue weighted by molar-refractivity contribution is 6.32. The molecule has 0 aliphatic heterocycles. The molecule has 2 aromatic rings. The van der Waals surface area contributed by atoms with Crippen LogP contribution in [0.25, 0.3) is 0 Å². The number of hydrogen-bond acceptors (Lipinski definition) is 3. The van der Waals surface area contributed by atoms with E-state index in [4.69, 9.17) is 16.3 Å². The zero-order valence-electron chi connectivity index (χ0n) is 11.2. The lowest BCUT2D eigenvalue weighted by atomic mass is 10.2. The molecule has 0 saturated carbocycles. The van der Waals surface area contributed by atoms with Crippen LogP contribution in [0, 0.1) is 5.82 Å². The fourth-order valence-corrected chi connectivity index (χ4v) is 1.86. The third-order valence-corrected chi connectivity index (χ3v) is 3.02. The zero-order chi connectivity index (χ0) is 15.1. The Morgan fingerprint density at radius 2 is 2.05 bits per heavy atom. The van der Waals surface area contributed by atoms with Crippen LogP contribution < -0.4 is 10.1 Å². The third-order valence-electron chi connectivity index (χ3n) is 2.72. The molecule has 4 nitrogen and oxygen atoms in total. The van der Waals surface area contributed by atoms with Gasteiger partial charge >= 0.3 is 0 Å². The van der Waals surface area contributed by atoms with Gasteiger partial charge in [-0.15, -0.1) is 0 Å². The predicted octanol–water partition coefficient (Wildman–Crippen LogP) is 2.96. The second kappa shape index (κ2) is 7.59. The molecule has 0 spiro atoms. The van der Waals surface area contributed by atoms with Gasteiger partial charge in [-0.2, -0.15) is 0 Å². The molecule has 0 radical (unpaired) electrons. The van der Waals surface area contributed by atoms with Crippen molar-refractivity contribution in [2.75, 3.05) is 6.61 Å². The number of nitrogens with zero attached hydrogens (tertiary/aromatic N) is 1. The van der Waals surface area contributed by atoms with Crippen molar-refractivity contribution < 1.29 is 13.9 Å². The molecule has 0 fully saturated rings. The summed E-state index contributed by atoms with van der Waals surface area (Å²) < 4.78 is 18.2. The van der Waals surface area contributed by atoms with Crippen LogP contribution in [-0.4, -0.2) is 17.5 Å². The summed E-state index contributed by atoms with van der Waals surface area (Å²) in [4.78, 5) is 15.5. The smallest absolute Gasteiger partial charge is 0.223 e. The Bertz CT molecular complexity index is 608. The molecule has 0 bridgehead atoms. The Kier molecular flexibility index (Phi) is 5.51. The fourth-order valence-electron chi connectivity index (χ4n) is 1.64. The molecule has 0 saturated heterocycles. The Morgan fingerprint density at radius 1 is 1.29 bits per heavy atom. The molecule has 21 heavy (non-hydrogen) atoms. The highest BCUT2D eigenvalue weighted by Crippen LogP contribution is 2.24. The van der Waals surface area contributed by atoms with E-state index in [1.165, 1.54) is 18.2 Å². The maximum atomic E-state index is 12.9. The van der Waals surface area contributed by atoms with Gasteiger partial charge in [0.05, 0.1) is 18.1 Å². The monoisotopic (exact) mass is 308 g/mol. The van der Waals surface area contributed by atoms with Crippen LogP contribution in [0.2, 0.25) is 5.02 Å². The van der Waals surface area contributed by atoms with Crippen molar-refractivity contribution >= 4 is 17.5 Å². The molecule has 0 aliphatic carbocycles. The highest BCUT2D eigenvalue weighted by atomic mass is 35.5. The largest absolute Gasteiger partial charge is 0.491 e. The third kappa shape index (κ3) is 5.04. The molecule has 110 valence electrons. The Hall–Kier alpha value is -2.14. The average Bonchev–Trinajstić information content (AvgIpc) is 2.48. The predicted molar refractivity (Wildman–Crippen MR) is 77.6 cm³/mol. The van der Waals surface area contributed by atoms with Gasteiger partial charge in [0.15, 0.2) is 0 Å². The van der Waals surface area contributed by atoms with Gasteiger partial charge in [-0.3, -0.25) is 9.78 Å². The first-order chi connectivity index (χ1) is 10.1. The number of amides is 1. The summed E-state index contributed by atoms with van der Waals surface area (Å²) in [5.41, 5.74) is 0.973. The molecule has 0 unspecified atom stereocenters. The molecule has 1 heterocycles. The molecule has 6 heteroatoms.